The predicted octanol–water partition coefficient (Wildman–Crippen LogP) is 5.11. The zero-order valence-electron chi connectivity index (χ0n) is 15.6. The van der Waals surface area contributed by atoms with Crippen molar-refractivity contribution in [2.24, 2.45) is 0 Å². The number of halogens is 1. The first-order valence-corrected chi connectivity index (χ1v) is 9.86. The second-order valence-electron chi connectivity index (χ2n) is 6.23. The van der Waals surface area contributed by atoms with E-state index in [1.807, 2.05) is 30.5 Å². The summed E-state index contributed by atoms with van der Waals surface area (Å²) < 4.78 is 7.17. The van der Waals surface area contributed by atoms with Crippen LogP contribution in [0.2, 0.25) is 5.02 Å². The topological polar surface area (TPSA) is 61.2 Å². The number of hydrogen-bond donors (Lipinski definition) is 0. The van der Waals surface area contributed by atoms with Gasteiger partial charge in [0.2, 0.25) is 5.78 Å². The number of benzene rings is 1. The lowest BCUT2D eigenvalue weighted by Crippen LogP contribution is -2.15. The van der Waals surface area contributed by atoms with E-state index in [1.54, 1.807) is 29.7 Å². The summed E-state index contributed by atoms with van der Waals surface area (Å²) in [5, 5.41) is 2.93. The van der Waals surface area contributed by atoms with Crippen molar-refractivity contribution in [3.63, 3.8) is 0 Å². The Bertz CT molecular complexity index is 1030. The molecule has 28 heavy (non-hydrogen) atoms. The van der Waals surface area contributed by atoms with Gasteiger partial charge in [0.15, 0.2) is 12.3 Å². The molecule has 0 aliphatic rings. The molecule has 0 saturated carbocycles. The summed E-state index contributed by atoms with van der Waals surface area (Å²) in [5.74, 6) is -0.866. The molecule has 3 aromatic rings. The number of aryl methyl sites for hydroxylation is 1. The van der Waals surface area contributed by atoms with Crippen LogP contribution in [0, 0.1) is 13.8 Å². The van der Waals surface area contributed by atoms with Gasteiger partial charge in [-0.25, -0.2) is 9.78 Å². The van der Waals surface area contributed by atoms with Crippen molar-refractivity contribution in [2.45, 2.75) is 20.4 Å². The maximum Gasteiger partial charge on any atom is 0.358 e. The molecule has 0 aliphatic carbocycles. The normalized spacial score (nSPS) is 10.7. The number of Topliss-reactive ketones (excluding diaryl/α,β-unsaturated/α-hetero) is 1. The zero-order valence-corrected chi connectivity index (χ0v) is 17.1. The van der Waals surface area contributed by atoms with Gasteiger partial charge in [-0.05, 0) is 32.0 Å². The van der Waals surface area contributed by atoms with E-state index in [0.717, 1.165) is 17.0 Å². The summed E-state index contributed by atoms with van der Waals surface area (Å²) in [6.07, 6.45) is 1.77. The fourth-order valence-corrected chi connectivity index (χ4v) is 3.79. The number of hydrogen-bond acceptors (Lipinski definition) is 5. The number of rotatable bonds is 7. The fourth-order valence-electron chi connectivity index (χ4n) is 2.87. The number of carbonyl (C=O) groups is 2. The highest BCUT2D eigenvalue weighted by atomic mass is 35.5. The van der Waals surface area contributed by atoms with Crippen molar-refractivity contribution in [1.82, 2.24) is 9.55 Å². The lowest BCUT2D eigenvalue weighted by atomic mass is 10.1. The molecule has 0 atom stereocenters. The Morgan fingerprint density at radius 1 is 1.29 bits per heavy atom. The molecule has 0 saturated heterocycles. The molecule has 0 spiro atoms. The van der Waals surface area contributed by atoms with Crippen molar-refractivity contribution in [1.29, 1.82) is 0 Å². The van der Waals surface area contributed by atoms with Gasteiger partial charge >= 0.3 is 5.97 Å². The molecule has 0 bridgehead atoms. The molecule has 3 rings (SSSR count). The van der Waals surface area contributed by atoms with Crippen LogP contribution >= 0.6 is 22.9 Å². The van der Waals surface area contributed by atoms with Crippen LogP contribution in [0.25, 0.3) is 10.6 Å². The van der Waals surface area contributed by atoms with Crippen molar-refractivity contribution >= 4 is 34.7 Å². The van der Waals surface area contributed by atoms with E-state index < -0.39 is 5.97 Å². The van der Waals surface area contributed by atoms with Crippen LogP contribution in [0.15, 0.2) is 48.4 Å². The number of carbonyl (C=O) groups excluding carboxylic acids is 2. The number of ketones is 1. The highest BCUT2D eigenvalue weighted by Crippen LogP contribution is 2.25. The number of allylic oxidation sites excluding steroid dienone is 1. The fraction of sp³-hybridized carbons (Fsp3) is 0.190. The van der Waals surface area contributed by atoms with E-state index in [-0.39, 0.29) is 18.1 Å². The van der Waals surface area contributed by atoms with E-state index in [2.05, 4.69) is 11.6 Å². The third-order valence-corrected chi connectivity index (χ3v) is 5.47. The summed E-state index contributed by atoms with van der Waals surface area (Å²) in [6, 6.07) is 8.99. The quantitative estimate of drug-likeness (QED) is 0.306. The van der Waals surface area contributed by atoms with Gasteiger partial charge in [0.1, 0.15) is 5.01 Å². The summed E-state index contributed by atoms with van der Waals surface area (Å²) in [6.45, 7) is 7.81. The Morgan fingerprint density at radius 2 is 2.00 bits per heavy atom. The third kappa shape index (κ3) is 4.24. The van der Waals surface area contributed by atoms with E-state index in [4.69, 9.17) is 16.3 Å². The van der Waals surface area contributed by atoms with Crippen molar-refractivity contribution in [3.8, 4) is 10.6 Å². The van der Waals surface area contributed by atoms with Gasteiger partial charge in [-0.3, -0.25) is 4.79 Å². The molecule has 0 amide bonds. The summed E-state index contributed by atoms with van der Waals surface area (Å²) in [5.41, 5.74) is 3.38. The largest absolute Gasteiger partial charge is 0.453 e. The van der Waals surface area contributed by atoms with Crippen LogP contribution in [-0.4, -0.2) is 27.9 Å². The molecule has 0 N–H and O–H groups in total. The smallest absolute Gasteiger partial charge is 0.358 e. The average Bonchev–Trinajstić information content (AvgIpc) is 3.27. The molecular formula is C21H19ClN2O3S. The minimum atomic E-state index is -0.621. The van der Waals surface area contributed by atoms with Crippen LogP contribution < -0.4 is 0 Å². The summed E-state index contributed by atoms with van der Waals surface area (Å²) in [7, 11) is 0. The molecule has 0 unspecified atom stereocenters. The van der Waals surface area contributed by atoms with Gasteiger partial charge in [0.25, 0.3) is 0 Å². The highest BCUT2D eigenvalue weighted by molar-refractivity contribution is 7.13. The van der Waals surface area contributed by atoms with E-state index >= 15 is 0 Å². The zero-order chi connectivity index (χ0) is 20.3. The van der Waals surface area contributed by atoms with Crippen LogP contribution in [0.4, 0.5) is 0 Å². The van der Waals surface area contributed by atoms with Gasteiger partial charge in [-0.1, -0.05) is 29.8 Å². The number of ether oxygens (including phenoxy) is 1. The van der Waals surface area contributed by atoms with Crippen LogP contribution in [0.3, 0.4) is 0 Å². The van der Waals surface area contributed by atoms with Gasteiger partial charge in [-0.2, -0.15) is 0 Å². The molecule has 0 aliphatic heterocycles. The third-order valence-electron chi connectivity index (χ3n) is 4.32. The first-order valence-electron chi connectivity index (χ1n) is 8.60. The monoisotopic (exact) mass is 414 g/mol. The van der Waals surface area contributed by atoms with E-state index in [9.17, 15) is 9.59 Å². The summed E-state index contributed by atoms with van der Waals surface area (Å²) in [4.78, 5) is 29.0. The maximum absolute atomic E-state index is 12.5. The molecule has 1 aromatic carbocycles. The molecular weight excluding hydrogens is 396 g/mol. The minimum Gasteiger partial charge on any atom is -0.453 e. The Hall–Kier alpha value is -2.70. The Kier molecular flexibility index (Phi) is 6.11. The molecule has 2 heterocycles. The standard InChI is InChI=1S/C21H19ClN2O3S/c1-4-9-24-13(2)10-17(14(24)3)19(25)11-27-21(26)18-12-28-20(23-18)15-5-7-16(22)8-6-15/h4-8,10,12H,1,9,11H2,2-3H3. The van der Waals surface area contributed by atoms with E-state index in [1.165, 1.54) is 11.3 Å². The Labute approximate surface area is 172 Å². The van der Waals surface area contributed by atoms with Crippen molar-refractivity contribution < 1.29 is 14.3 Å². The number of aromatic nitrogens is 2. The highest BCUT2D eigenvalue weighted by Gasteiger charge is 2.19. The van der Waals surface area contributed by atoms with Gasteiger partial charge in [0.05, 0.1) is 0 Å². The van der Waals surface area contributed by atoms with Crippen LogP contribution in [-0.2, 0) is 11.3 Å². The molecule has 2 aromatic heterocycles. The second-order valence-corrected chi connectivity index (χ2v) is 7.52. The average molecular weight is 415 g/mol. The van der Waals surface area contributed by atoms with Crippen LogP contribution in [0.5, 0.6) is 0 Å². The number of nitrogens with zero attached hydrogens (tertiary/aromatic N) is 2. The lowest BCUT2D eigenvalue weighted by molar-refractivity contribution is 0.0469. The predicted molar refractivity (Wildman–Crippen MR) is 111 cm³/mol. The minimum absolute atomic E-state index is 0.180. The lowest BCUT2D eigenvalue weighted by Gasteiger charge is -2.06. The van der Waals surface area contributed by atoms with Crippen molar-refractivity contribution in [3.05, 3.63) is 76.0 Å². The van der Waals surface area contributed by atoms with Gasteiger partial charge in [0, 0.05) is 39.5 Å². The Morgan fingerprint density at radius 3 is 2.68 bits per heavy atom. The summed E-state index contributed by atoms with van der Waals surface area (Å²) >= 11 is 7.21. The number of thiazole rings is 1. The molecule has 144 valence electrons. The molecule has 0 radical (unpaired) electrons. The second kappa shape index (κ2) is 8.54. The Balaban J connectivity index is 1.66. The maximum atomic E-state index is 12.5. The van der Waals surface area contributed by atoms with E-state index in [0.29, 0.717) is 22.1 Å². The molecule has 5 nitrogen and oxygen atoms in total. The van der Waals surface area contributed by atoms with Gasteiger partial charge < -0.3 is 9.30 Å². The molecule has 0 fully saturated rings. The molecule has 7 heteroatoms. The van der Waals surface area contributed by atoms with Crippen molar-refractivity contribution in [2.75, 3.05) is 6.61 Å². The number of esters is 1. The SMILES string of the molecule is C=CCn1c(C)cc(C(=O)COC(=O)c2csc(-c3ccc(Cl)cc3)n2)c1C. The van der Waals surface area contributed by atoms with Gasteiger partial charge in [-0.15, -0.1) is 17.9 Å². The van der Waals surface area contributed by atoms with Crippen LogP contribution in [0.1, 0.15) is 32.2 Å². The first kappa shape index (κ1) is 20.0. The first-order chi connectivity index (χ1) is 13.4.